The number of aryl methyl sites for hydroxylation is 1. The van der Waals surface area contributed by atoms with E-state index in [9.17, 15) is 9.59 Å². The van der Waals surface area contributed by atoms with Gasteiger partial charge in [0.2, 0.25) is 11.8 Å². The van der Waals surface area contributed by atoms with Crippen LogP contribution in [0.25, 0.3) is 0 Å². The van der Waals surface area contributed by atoms with E-state index in [0.29, 0.717) is 24.5 Å². The molecule has 0 radical (unpaired) electrons. The Balaban J connectivity index is 1.83. The van der Waals surface area contributed by atoms with Crippen LogP contribution in [0.15, 0.2) is 34.9 Å². The number of amides is 2. The molecule has 0 aliphatic carbocycles. The Bertz CT molecular complexity index is 694. The van der Waals surface area contributed by atoms with Gasteiger partial charge in [0.15, 0.2) is 5.82 Å². The number of hydrogen-bond donors (Lipinski definition) is 1. The highest BCUT2D eigenvalue weighted by atomic mass is 16.5. The van der Waals surface area contributed by atoms with Crippen LogP contribution in [0.4, 0.5) is 5.82 Å². The second kappa shape index (κ2) is 8.14. The van der Waals surface area contributed by atoms with E-state index in [1.54, 1.807) is 20.1 Å². The number of nitrogens with zero attached hydrogens (tertiary/aromatic N) is 2. The Morgan fingerprint density at radius 1 is 1.29 bits per heavy atom. The lowest BCUT2D eigenvalue weighted by Crippen LogP contribution is -2.40. The van der Waals surface area contributed by atoms with Gasteiger partial charge in [0.05, 0.1) is 7.11 Å². The molecule has 7 nitrogen and oxygen atoms in total. The van der Waals surface area contributed by atoms with Crippen LogP contribution in [0.2, 0.25) is 0 Å². The van der Waals surface area contributed by atoms with Gasteiger partial charge in [-0.25, -0.2) is 0 Å². The Morgan fingerprint density at radius 3 is 2.54 bits per heavy atom. The van der Waals surface area contributed by atoms with E-state index < -0.39 is 0 Å². The van der Waals surface area contributed by atoms with Crippen molar-refractivity contribution in [3.05, 3.63) is 41.7 Å². The molecule has 2 rings (SSSR count). The number of rotatable bonds is 7. The number of methoxy groups -OCH3 is 1. The maximum atomic E-state index is 12.0. The Hall–Kier alpha value is -2.83. The molecule has 2 aromatic rings. The summed E-state index contributed by atoms with van der Waals surface area (Å²) in [5, 5.41) is 6.57. The number of anilines is 1. The molecule has 0 bridgehead atoms. The summed E-state index contributed by atoms with van der Waals surface area (Å²) in [6, 6.07) is 9.27. The molecule has 1 aromatic heterocycles. The predicted molar refractivity (Wildman–Crippen MR) is 89.0 cm³/mol. The van der Waals surface area contributed by atoms with Crippen molar-refractivity contribution in [3.8, 4) is 5.75 Å². The summed E-state index contributed by atoms with van der Waals surface area (Å²) in [7, 11) is 1.62. The molecule has 0 fully saturated rings. The normalized spacial score (nSPS) is 10.3. The summed E-state index contributed by atoms with van der Waals surface area (Å²) < 4.78 is 10.1. The van der Waals surface area contributed by atoms with E-state index in [4.69, 9.17) is 9.26 Å². The lowest BCUT2D eigenvalue weighted by atomic mass is 10.1. The van der Waals surface area contributed by atoms with Gasteiger partial charge in [-0.05, 0) is 31.0 Å². The highest BCUT2D eigenvalue weighted by Crippen LogP contribution is 2.14. The molecule has 2 amide bonds. The lowest BCUT2D eigenvalue weighted by molar-refractivity contribution is -0.123. The van der Waals surface area contributed by atoms with Crippen molar-refractivity contribution in [2.75, 3.05) is 25.1 Å². The number of hydrogen-bond acceptors (Lipinski definition) is 5. The molecule has 1 aromatic carbocycles. The minimum absolute atomic E-state index is 0.0933. The molecule has 0 spiro atoms. The fraction of sp³-hybridized carbons (Fsp3) is 0.353. The molecular weight excluding hydrogens is 310 g/mol. The van der Waals surface area contributed by atoms with Gasteiger partial charge in [-0.2, -0.15) is 0 Å². The van der Waals surface area contributed by atoms with E-state index in [-0.39, 0.29) is 18.4 Å². The quantitative estimate of drug-likeness (QED) is 0.835. The minimum Gasteiger partial charge on any atom is -0.497 e. The zero-order valence-corrected chi connectivity index (χ0v) is 14.0. The van der Waals surface area contributed by atoms with Gasteiger partial charge in [-0.1, -0.05) is 17.3 Å². The summed E-state index contributed by atoms with van der Waals surface area (Å²) >= 11 is 0. The second-order valence-electron chi connectivity index (χ2n) is 5.35. The van der Waals surface area contributed by atoms with Crippen molar-refractivity contribution in [1.82, 2.24) is 10.5 Å². The Labute approximate surface area is 140 Å². The molecule has 0 atom stereocenters. The van der Waals surface area contributed by atoms with E-state index in [1.807, 2.05) is 24.3 Å². The molecule has 0 saturated heterocycles. The summed E-state index contributed by atoms with van der Waals surface area (Å²) in [5.74, 6) is 1.19. The third kappa shape index (κ3) is 4.84. The maximum Gasteiger partial charge on any atom is 0.240 e. The third-order valence-electron chi connectivity index (χ3n) is 3.47. The van der Waals surface area contributed by atoms with Gasteiger partial charge in [-0.15, -0.1) is 0 Å². The third-order valence-corrected chi connectivity index (χ3v) is 3.47. The van der Waals surface area contributed by atoms with Crippen LogP contribution in [0, 0.1) is 6.92 Å². The predicted octanol–water partition coefficient (Wildman–Crippen LogP) is 1.70. The fourth-order valence-electron chi connectivity index (χ4n) is 2.17. The molecule has 0 aliphatic rings. The zero-order valence-electron chi connectivity index (χ0n) is 14.0. The van der Waals surface area contributed by atoms with Crippen molar-refractivity contribution in [2.45, 2.75) is 20.3 Å². The van der Waals surface area contributed by atoms with E-state index in [0.717, 1.165) is 11.3 Å². The van der Waals surface area contributed by atoms with Crippen molar-refractivity contribution >= 4 is 17.6 Å². The smallest absolute Gasteiger partial charge is 0.240 e. The number of carbonyl (C=O) groups is 2. The minimum atomic E-state index is -0.270. The van der Waals surface area contributed by atoms with Gasteiger partial charge in [-0.3, -0.25) is 14.5 Å². The first-order chi connectivity index (χ1) is 11.5. The number of benzene rings is 1. The molecule has 1 N–H and O–H groups in total. The molecule has 0 saturated carbocycles. The molecule has 24 heavy (non-hydrogen) atoms. The molecule has 7 heteroatoms. The first-order valence-corrected chi connectivity index (χ1v) is 7.60. The molecule has 128 valence electrons. The fourth-order valence-corrected chi connectivity index (χ4v) is 2.17. The largest absolute Gasteiger partial charge is 0.497 e. The lowest BCUT2D eigenvalue weighted by Gasteiger charge is -2.17. The summed E-state index contributed by atoms with van der Waals surface area (Å²) in [6.07, 6.45) is 0.693. The van der Waals surface area contributed by atoms with Gasteiger partial charge < -0.3 is 14.6 Å². The van der Waals surface area contributed by atoms with Crippen LogP contribution < -0.4 is 15.0 Å². The van der Waals surface area contributed by atoms with E-state index >= 15 is 0 Å². The average molecular weight is 331 g/mol. The van der Waals surface area contributed by atoms with Crippen molar-refractivity contribution < 1.29 is 18.8 Å². The molecule has 1 heterocycles. The van der Waals surface area contributed by atoms with E-state index in [1.165, 1.54) is 11.8 Å². The van der Waals surface area contributed by atoms with Crippen LogP contribution in [0.5, 0.6) is 5.75 Å². The molecule has 0 unspecified atom stereocenters. The number of nitrogens with one attached hydrogen (secondary N) is 1. The molecule has 0 aliphatic heterocycles. The van der Waals surface area contributed by atoms with Gasteiger partial charge in [0.1, 0.15) is 18.1 Å². The van der Waals surface area contributed by atoms with Crippen LogP contribution in [-0.4, -0.2) is 37.2 Å². The van der Waals surface area contributed by atoms with Gasteiger partial charge in [0.25, 0.3) is 0 Å². The van der Waals surface area contributed by atoms with Crippen LogP contribution in [-0.2, 0) is 16.0 Å². The van der Waals surface area contributed by atoms with Gasteiger partial charge >= 0.3 is 0 Å². The summed E-state index contributed by atoms with van der Waals surface area (Å²) in [6.45, 7) is 3.50. The molecular formula is C17H21N3O4. The average Bonchev–Trinajstić information content (AvgIpc) is 2.99. The SMILES string of the molecule is COc1ccc(CCNC(=O)CN(C(C)=O)c2cc(C)on2)cc1. The zero-order chi connectivity index (χ0) is 17.5. The van der Waals surface area contributed by atoms with E-state index in [2.05, 4.69) is 10.5 Å². The first kappa shape index (κ1) is 17.5. The van der Waals surface area contributed by atoms with Crippen molar-refractivity contribution in [1.29, 1.82) is 0 Å². The standard InChI is InChI=1S/C17H21N3O4/c1-12-10-16(19-24-12)20(13(2)21)11-17(22)18-9-8-14-4-6-15(23-3)7-5-14/h4-7,10H,8-9,11H2,1-3H3,(H,18,22). The van der Waals surface area contributed by atoms with Gasteiger partial charge in [0, 0.05) is 19.5 Å². The highest BCUT2D eigenvalue weighted by Gasteiger charge is 2.18. The number of ether oxygens (including phenoxy) is 1. The van der Waals surface area contributed by atoms with Crippen LogP contribution in [0.1, 0.15) is 18.2 Å². The first-order valence-electron chi connectivity index (χ1n) is 7.60. The Morgan fingerprint density at radius 2 is 2.00 bits per heavy atom. The van der Waals surface area contributed by atoms with Crippen molar-refractivity contribution in [2.24, 2.45) is 0 Å². The Kier molecular flexibility index (Phi) is 5.95. The summed E-state index contributed by atoms with van der Waals surface area (Å²) in [4.78, 5) is 25.0. The monoisotopic (exact) mass is 331 g/mol. The van der Waals surface area contributed by atoms with Crippen LogP contribution >= 0.6 is 0 Å². The maximum absolute atomic E-state index is 12.0. The highest BCUT2D eigenvalue weighted by molar-refractivity contribution is 5.96. The van der Waals surface area contributed by atoms with Crippen molar-refractivity contribution in [3.63, 3.8) is 0 Å². The number of carbonyl (C=O) groups excluding carboxylic acids is 2. The second-order valence-corrected chi connectivity index (χ2v) is 5.35. The summed E-state index contributed by atoms with van der Waals surface area (Å²) in [5.41, 5.74) is 1.09. The van der Waals surface area contributed by atoms with Crippen LogP contribution in [0.3, 0.4) is 0 Å². The topological polar surface area (TPSA) is 84.7 Å². The number of aromatic nitrogens is 1.